The van der Waals surface area contributed by atoms with E-state index in [0.717, 1.165) is 52.1 Å². The van der Waals surface area contributed by atoms with E-state index in [1.54, 1.807) is 0 Å². The molecule has 0 heterocycles. The van der Waals surface area contributed by atoms with Crippen LogP contribution in [0.4, 0.5) is 0 Å². The summed E-state index contributed by atoms with van der Waals surface area (Å²) >= 11 is 0. The third-order valence-electron chi connectivity index (χ3n) is 1.59. The van der Waals surface area contributed by atoms with Crippen molar-refractivity contribution >= 4 is 0 Å². The van der Waals surface area contributed by atoms with Crippen LogP contribution in [-0.2, 0) is 17.1 Å². The van der Waals surface area contributed by atoms with Gasteiger partial charge in [-0.1, -0.05) is 0 Å². The van der Waals surface area contributed by atoms with Gasteiger partial charge in [-0.05, 0) is 39.0 Å². The molecule has 0 unspecified atom stereocenters. The van der Waals surface area contributed by atoms with Crippen molar-refractivity contribution in [3.63, 3.8) is 0 Å². The predicted octanol–water partition coefficient (Wildman–Crippen LogP) is -7.13. The van der Waals surface area contributed by atoms with Crippen LogP contribution < -0.4 is 56.1 Å². The first-order valence-electron chi connectivity index (χ1n) is 4.73. The maximum Gasteiger partial charge on any atom is 2.00 e. The molecule has 4 nitrogen and oxygen atoms in total. The molecule has 0 aromatic carbocycles. The van der Waals surface area contributed by atoms with Crippen LogP contribution in [0.2, 0.25) is 0 Å². The van der Waals surface area contributed by atoms with E-state index >= 15 is 0 Å². The van der Waals surface area contributed by atoms with Gasteiger partial charge in [-0.3, -0.25) is 0 Å². The van der Waals surface area contributed by atoms with Gasteiger partial charge in [0.05, 0.1) is 0 Å². The number of hydrogen-bond donors (Lipinski definition) is 4. The summed E-state index contributed by atoms with van der Waals surface area (Å²) in [7, 11) is 0. The molecule has 0 spiro atoms. The van der Waals surface area contributed by atoms with Crippen molar-refractivity contribution in [1.29, 1.82) is 0 Å². The molecule has 0 amide bonds. The molecule has 0 saturated carbocycles. The summed E-state index contributed by atoms with van der Waals surface area (Å²) in [5, 5.41) is 6.58. The molecule has 0 aromatic rings. The Morgan fingerprint density at radius 1 is 0.667 bits per heavy atom. The molecular formula is C8H22Br2CuN4. The van der Waals surface area contributed by atoms with Gasteiger partial charge in [0.2, 0.25) is 0 Å². The van der Waals surface area contributed by atoms with Crippen LogP contribution in [0.15, 0.2) is 0 Å². The smallest absolute Gasteiger partial charge is 1.00 e. The van der Waals surface area contributed by atoms with Gasteiger partial charge in [0.25, 0.3) is 0 Å². The van der Waals surface area contributed by atoms with Gasteiger partial charge in [0, 0.05) is 13.1 Å². The Labute approximate surface area is 125 Å². The topological polar surface area (TPSA) is 76.1 Å². The zero-order valence-electron chi connectivity index (χ0n) is 8.87. The predicted molar refractivity (Wildman–Crippen MR) is 53.1 cm³/mol. The zero-order chi connectivity index (χ0) is 9.07. The van der Waals surface area contributed by atoms with Crippen LogP contribution in [0.1, 0.15) is 12.8 Å². The van der Waals surface area contributed by atoms with E-state index < -0.39 is 0 Å². The van der Waals surface area contributed by atoms with Gasteiger partial charge in [-0.25, -0.2) is 0 Å². The summed E-state index contributed by atoms with van der Waals surface area (Å²) in [4.78, 5) is 0. The molecule has 0 aliphatic heterocycles. The molecular weight excluding hydrogens is 375 g/mol. The van der Waals surface area contributed by atoms with Crippen molar-refractivity contribution in [2.45, 2.75) is 12.8 Å². The van der Waals surface area contributed by atoms with Crippen LogP contribution in [0.25, 0.3) is 0 Å². The second-order valence-corrected chi connectivity index (χ2v) is 2.78. The van der Waals surface area contributed by atoms with Gasteiger partial charge < -0.3 is 56.1 Å². The third-order valence-corrected chi connectivity index (χ3v) is 1.59. The molecule has 6 N–H and O–H groups in total. The average molecular weight is 398 g/mol. The Kier molecular flexibility index (Phi) is 41.2. The van der Waals surface area contributed by atoms with Crippen molar-refractivity contribution < 1.29 is 51.0 Å². The fourth-order valence-corrected chi connectivity index (χ4v) is 0.881. The SMILES string of the molecule is NCCCNCCNCCCN.[Br-].[Br-].[Cu+2]. The Balaban J connectivity index is -0.000000202. The molecule has 0 atom stereocenters. The Hall–Kier alpha value is 1.32. The molecule has 0 aliphatic carbocycles. The number of halogens is 2. The van der Waals surface area contributed by atoms with Crippen LogP contribution in [0, 0.1) is 0 Å². The van der Waals surface area contributed by atoms with Crippen LogP contribution in [0.3, 0.4) is 0 Å². The molecule has 0 aromatic heterocycles. The summed E-state index contributed by atoms with van der Waals surface area (Å²) in [5.74, 6) is 0. The molecule has 0 aliphatic rings. The van der Waals surface area contributed by atoms with Crippen molar-refractivity contribution in [1.82, 2.24) is 10.6 Å². The molecule has 15 heavy (non-hydrogen) atoms. The fourth-order valence-electron chi connectivity index (χ4n) is 0.881. The second kappa shape index (κ2) is 24.5. The largest absolute Gasteiger partial charge is 2.00 e. The van der Waals surface area contributed by atoms with E-state index in [1.165, 1.54) is 0 Å². The summed E-state index contributed by atoms with van der Waals surface area (Å²) < 4.78 is 0. The fraction of sp³-hybridized carbons (Fsp3) is 1.00. The monoisotopic (exact) mass is 395 g/mol. The molecule has 0 saturated heterocycles. The summed E-state index contributed by atoms with van der Waals surface area (Å²) in [6, 6.07) is 0. The van der Waals surface area contributed by atoms with Crippen LogP contribution >= 0.6 is 0 Å². The standard InChI is InChI=1S/C8H22N4.2BrH.Cu/c9-3-1-5-11-7-8-12-6-2-4-10;;;/h11-12H,1-10H2;2*1H;/q;;;+2/p-2. The van der Waals surface area contributed by atoms with Crippen molar-refractivity contribution in [2.75, 3.05) is 39.3 Å². The van der Waals surface area contributed by atoms with Gasteiger partial charge in [0.1, 0.15) is 0 Å². The minimum Gasteiger partial charge on any atom is -1.00 e. The molecule has 0 bridgehead atoms. The normalized spacial score (nSPS) is 8.40. The third kappa shape index (κ3) is 25.5. The first kappa shape index (κ1) is 25.2. The molecule has 99 valence electrons. The van der Waals surface area contributed by atoms with E-state index in [4.69, 9.17) is 11.5 Å². The summed E-state index contributed by atoms with van der Waals surface area (Å²) in [5.41, 5.74) is 10.7. The first-order valence-corrected chi connectivity index (χ1v) is 4.73. The summed E-state index contributed by atoms with van der Waals surface area (Å²) in [6.07, 6.45) is 2.12. The number of rotatable bonds is 9. The maximum absolute atomic E-state index is 5.34. The molecule has 1 radical (unpaired) electrons. The van der Waals surface area contributed by atoms with Crippen molar-refractivity contribution in [3.05, 3.63) is 0 Å². The maximum atomic E-state index is 5.34. The van der Waals surface area contributed by atoms with E-state index in [9.17, 15) is 0 Å². The zero-order valence-corrected chi connectivity index (χ0v) is 13.0. The number of nitrogens with two attached hydrogens (primary N) is 2. The summed E-state index contributed by atoms with van der Waals surface area (Å²) in [6.45, 7) is 5.63. The minimum atomic E-state index is 0. The Bertz CT molecular complexity index is 81.0. The van der Waals surface area contributed by atoms with Crippen molar-refractivity contribution in [2.24, 2.45) is 11.5 Å². The average Bonchev–Trinajstić information content (AvgIpc) is 2.10. The molecule has 0 rings (SSSR count). The van der Waals surface area contributed by atoms with Gasteiger partial charge in [-0.2, -0.15) is 0 Å². The second-order valence-electron chi connectivity index (χ2n) is 2.78. The Morgan fingerprint density at radius 3 is 1.27 bits per heavy atom. The van der Waals surface area contributed by atoms with Crippen LogP contribution in [-0.4, -0.2) is 39.3 Å². The van der Waals surface area contributed by atoms with Crippen molar-refractivity contribution in [3.8, 4) is 0 Å². The van der Waals surface area contributed by atoms with E-state index in [0.29, 0.717) is 0 Å². The van der Waals surface area contributed by atoms with E-state index in [1.807, 2.05) is 0 Å². The quantitative estimate of drug-likeness (QED) is 0.230. The van der Waals surface area contributed by atoms with Gasteiger partial charge in [0.15, 0.2) is 0 Å². The first-order chi connectivity index (χ1) is 5.91. The van der Waals surface area contributed by atoms with E-state index in [-0.39, 0.29) is 51.0 Å². The van der Waals surface area contributed by atoms with Gasteiger partial charge >= 0.3 is 17.1 Å². The molecule has 7 heteroatoms. The number of hydrogen-bond acceptors (Lipinski definition) is 4. The minimum absolute atomic E-state index is 0. The Morgan fingerprint density at radius 2 is 1.00 bits per heavy atom. The van der Waals surface area contributed by atoms with Gasteiger partial charge in [-0.15, -0.1) is 0 Å². The van der Waals surface area contributed by atoms with Crippen LogP contribution in [0.5, 0.6) is 0 Å². The number of nitrogens with one attached hydrogen (secondary N) is 2. The molecule has 0 fully saturated rings. The van der Waals surface area contributed by atoms with E-state index in [2.05, 4.69) is 10.6 Å².